The SMILES string of the molecule is CCO[Si](C)(C)c1cccc(C(F)(F)F)c1. The van der Waals surface area contributed by atoms with Crippen LogP contribution in [-0.4, -0.2) is 14.9 Å². The first-order chi connectivity index (χ1) is 7.27. The monoisotopic (exact) mass is 248 g/mol. The summed E-state index contributed by atoms with van der Waals surface area (Å²) >= 11 is 0. The summed E-state index contributed by atoms with van der Waals surface area (Å²) in [5, 5.41) is 0.671. The molecule has 1 nitrogen and oxygen atoms in total. The zero-order chi connectivity index (χ0) is 12.4. The topological polar surface area (TPSA) is 9.23 Å². The Morgan fingerprint density at radius 2 is 1.88 bits per heavy atom. The minimum absolute atomic E-state index is 0.523. The molecule has 0 saturated carbocycles. The molecule has 0 aliphatic rings. The van der Waals surface area contributed by atoms with Crippen molar-refractivity contribution in [2.24, 2.45) is 0 Å². The van der Waals surface area contributed by atoms with Crippen molar-refractivity contribution in [3.63, 3.8) is 0 Å². The summed E-state index contributed by atoms with van der Waals surface area (Å²) in [5.41, 5.74) is -0.606. The molecule has 0 aliphatic heterocycles. The van der Waals surface area contributed by atoms with Gasteiger partial charge in [-0.2, -0.15) is 13.2 Å². The standard InChI is InChI=1S/C11H15F3OSi/c1-4-15-16(2,3)10-7-5-6-9(8-10)11(12,13)14/h5-8H,4H2,1-3H3. The molecule has 0 bridgehead atoms. The van der Waals surface area contributed by atoms with Gasteiger partial charge in [-0.3, -0.25) is 0 Å². The Bertz CT molecular complexity index is 360. The fraction of sp³-hybridized carbons (Fsp3) is 0.455. The van der Waals surface area contributed by atoms with Gasteiger partial charge in [0.2, 0.25) is 8.32 Å². The van der Waals surface area contributed by atoms with Crippen LogP contribution in [-0.2, 0) is 10.6 Å². The molecule has 0 amide bonds. The molecule has 0 heterocycles. The Kier molecular flexibility index (Phi) is 3.80. The summed E-state index contributed by atoms with van der Waals surface area (Å²) in [4.78, 5) is 0. The van der Waals surface area contributed by atoms with E-state index in [0.717, 1.165) is 6.07 Å². The van der Waals surface area contributed by atoms with Crippen molar-refractivity contribution in [1.29, 1.82) is 0 Å². The molecular weight excluding hydrogens is 233 g/mol. The van der Waals surface area contributed by atoms with Crippen molar-refractivity contribution in [2.75, 3.05) is 6.61 Å². The van der Waals surface area contributed by atoms with Gasteiger partial charge in [0.1, 0.15) is 0 Å². The van der Waals surface area contributed by atoms with Crippen LogP contribution in [0.5, 0.6) is 0 Å². The summed E-state index contributed by atoms with van der Waals surface area (Å²) in [6.07, 6.45) is -4.29. The third kappa shape index (κ3) is 3.09. The minimum Gasteiger partial charge on any atom is -0.413 e. The van der Waals surface area contributed by atoms with Crippen molar-refractivity contribution in [1.82, 2.24) is 0 Å². The van der Waals surface area contributed by atoms with Crippen LogP contribution in [0.25, 0.3) is 0 Å². The molecule has 1 aromatic carbocycles. The first-order valence-corrected chi connectivity index (χ1v) is 8.00. The summed E-state index contributed by atoms with van der Waals surface area (Å²) in [7, 11) is -2.19. The highest BCUT2D eigenvalue weighted by molar-refractivity contribution is 6.84. The van der Waals surface area contributed by atoms with Gasteiger partial charge in [0.05, 0.1) is 5.56 Å². The van der Waals surface area contributed by atoms with Crippen molar-refractivity contribution >= 4 is 13.5 Å². The number of hydrogen-bond donors (Lipinski definition) is 0. The highest BCUT2D eigenvalue weighted by Crippen LogP contribution is 2.28. The largest absolute Gasteiger partial charge is 0.416 e. The normalized spacial score (nSPS) is 12.9. The molecule has 0 aromatic heterocycles. The lowest BCUT2D eigenvalue weighted by molar-refractivity contribution is -0.137. The molecule has 5 heteroatoms. The van der Waals surface area contributed by atoms with Crippen LogP contribution in [0.15, 0.2) is 24.3 Å². The van der Waals surface area contributed by atoms with Gasteiger partial charge in [-0.1, -0.05) is 18.2 Å². The van der Waals surface area contributed by atoms with E-state index in [9.17, 15) is 13.2 Å². The van der Waals surface area contributed by atoms with Crippen LogP contribution >= 0.6 is 0 Å². The Morgan fingerprint density at radius 3 is 2.38 bits per heavy atom. The van der Waals surface area contributed by atoms with E-state index < -0.39 is 20.1 Å². The van der Waals surface area contributed by atoms with E-state index >= 15 is 0 Å². The van der Waals surface area contributed by atoms with E-state index in [-0.39, 0.29) is 0 Å². The fourth-order valence-corrected chi connectivity index (χ4v) is 3.40. The zero-order valence-electron chi connectivity index (χ0n) is 9.56. The molecule has 0 unspecified atom stereocenters. The number of benzene rings is 1. The molecule has 0 spiro atoms. The maximum Gasteiger partial charge on any atom is 0.416 e. The minimum atomic E-state index is -4.29. The predicted octanol–water partition coefficient (Wildman–Crippen LogP) is 3.15. The van der Waals surface area contributed by atoms with Crippen LogP contribution < -0.4 is 5.19 Å². The smallest absolute Gasteiger partial charge is 0.413 e. The lowest BCUT2D eigenvalue weighted by atomic mass is 10.2. The van der Waals surface area contributed by atoms with E-state index in [4.69, 9.17) is 4.43 Å². The molecule has 0 fully saturated rings. The maximum absolute atomic E-state index is 12.5. The average molecular weight is 248 g/mol. The van der Waals surface area contributed by atoms with Crippen LogP contribution in [0.4, 0.5) is 13.2 Å². The van der Waals surface area contributed by atoms with Crippen molar-refractivity contribution in [2.45, 2.75) is 26.2 Å². The fourth-order valence-electron chi connectivity index (χ4n) is 1.51. The van der Waals surface area contributed by atoms with Gasteiger partial charge < -0.3 is 4.43 Å². The van der Waals surface area contributed by atoms with E-state index in [1.165, 1.54) is 12.1 Å². The second-order valence-corrected chi connectivity index (χ2v) is 7.91. The molecule has 0 N–H and O–H groups in total. The van der Waals surface area contributed by atoms with Gasteiger partial charge in [0.15, 0.2) is 0 Å². The first-order valence-electron chi connectivity index (χ1n) is 5.09. The Morgan fingerprint density at radius 1 is 1.25 bits per heavy atom. The molecular formula is C11H15F3OSi. The van der Waals surface area contributed by atoms with Gasteiger partial charge >= 0.3 is 6.18 Å². The summed E-state index contributed by atoms with van der Waals surface area (Å²) < 4.78 is 43.1. The van der Waals surface area contributed by atoms with E-state index in [0.29, 0.717) is 11.8 Å². The Balaban J connectivity index is 3.08. The number of alkyl halides is 3. The third-order valence-corrected chi connectivity index (χ3v) is 5.10. The summed E-state index contributed by atoms with van der Waals surface area (Å²) in [5.74, 6) is 0. The average Bonchev–Trinajstić information content (AvgIpc) is 2.16. The van der Waals surface area contributed by atoms with Crippen molar-refractivity contribution < 1.29 is 17.6 Å². The first kappa shape index (κ1) is 13.3. The van der Waals surface area contributed by atoms with Crippen molar-refractivity contribution in [3.8, 4) is 0 Å². The Hall–Kier alpha value is -0.813. The summed E-state index contributed by atoms with van der Waals surface area (Å²) in [6.45, 7) is 6.16. The molecule has 1 rings (SSSR count). The quantitative estimate of drug-likeness (QED) is 0.747. The number of halogens is 3. The van der Waals surface area contributed by atoms with Crippen molar-refractivity contribution in [3.05, 3.63) is 29.8 Å². The molecule has 0 atom stereocenters. The maximum atomic E-state index is 12.5. The van der Waals surface area contributed by atoms with E-state index in [1.807, 2.05) is 20.0 Å². The van der Waals surface area contributed by atoms with Gasteiger partial charge in [-0.15, -0.1) is 0 Å². The third-order valence-electron chi connectivity index (χ3n) is 2.39. The van der Waals surface area contributed by atoms with Gasteiger partial charge in [0, 0.05) is 6.61 Å². The van der Waals surface area contributed by atoms with Crippen LogP contribution in [0.1, 0.15) is 12.5 Å². The van der Waals surface area contributed by atoms with Crippen LogP contribution in [0, 0.1) is 0 Å². The Labute approximate surface area is 94.4 Å². The molecule has 90 valence electrons. The van der Waals surface area contributed by atoms with Gasteiger partial charge in [-0.25, -0.2) is 0 Å². The molecule has 16 heavy (non-hydrogen) atoms. The second-order valence-electron chi connectivity index (χ2n) is 4.02. The second kappa shape index (κ2) is 4.59. The van der Waals surface area contributed by atoms with Crippen LogP contribution in [0.2, 0.25) is 13.1 Å². The van der Waals surface area contributed by atoms with Crippen LogP contribution in [0.3, 0.4) is 0 Å². The predicted molar refractivity (Wildman–Crippen MR) is 60.2 cm³/mol. The number of hydrogen-bond acceptors (Lipinski definition) is 1. The molecule has 0 aliphatic carbocycles. The molecule has 0 saturated heterocycles. The number of rotatable bonds is 3. The lowest BCUT2D eigenvalue weighted by Gasteiger charge is -2.23. The van der Waals surface area contributed by atoms with E-state index in [2.05, 4.69) is 0 Å². The van der Waals surface area contributed by atoms with E-state index in [1.54, 1.807) is 6.07 Å². The summed E-state index contributed by atoms with van der Waals surface area (Å²) in [6, 6.07) is 5.42. The molecule has 1 aromatic rings. The zero-order valence-corrected chi connectivity index (χ0v) is 10.6. The van der Waals surface area contributed by atoms with Gasteiger partial charge in [0.25, 0.3) is 0 Å². The lowest BCUT2D eigenvalue weighted by Crippen LogP contribution is -2.45. The highest BCUT2D eigenvalue weighted by atomic mass is 28.4. The molecule has 0 radical (unpaired) electrons. The van der Waals surface area contributed by atoms with Gasteiger partial charge in [-0.05, 0) is 31.3 Å². The highest BCUT2D eigenvalue weighted by Gasteiger charge is 2.33.